The van der Waals surface area contributed by atoms with Crippen LogP contribution in [0, 0.1) is 5.92 Å². The van der Waals surface area contributed by atoms with Crippen LogP contribution in [-0.2, 0) is 26.3 Å². The molecule has 2 aromatic carbocycles. The normalized spacial score (nSPS) is 17.2. The number of carbonyl (C=O) groups is 1. The molecular formula is C22H24Cl4N2O3S2. The summed E-state index contributed by atoms with van der Waals surface area (Å²) in [7, 11) is -3.66. The van der Waals surface area contributed by atoms with Crippen molar-refractivity contribution in [3.63, 3.8) is 0 Å². The summed E-state index contributed by atoms with van der Waals surface area (Å²) in [6.45, 7) is 1.01. The summed E-state index contributed by atoms with van der Waals surface area (Å²) < 4.78 is 27.3. The fraction of sp³-hybridized carbons (Fsp3) is 0.409. The zero-order chi connectivity index (χ0) is 24.0. The van der Waals surface area contributed by atoms with Crippen LogP contribution in [0.4, 0.5) is 0 Å². The van der Waals surface area contributed by atoms with E-state index in [4.69, 9.17) is 46.4 Å². The highest BCUT2D eigenvalue weighted by atomic mass is 35.5. The molecule has 11 heteroatoms. The van der Waals surface area contributed by atoms with Gasteiger partial charge in [-0.1, -0.05) is 58.5 Å². The Balaban J connectivity index is 1.49. The van der Waals surface area contributed by atoms with Crippen molar-refractivity contribution in [2.24, 2.45) is 5.92 Å². The van der Waals surface area contributed by atoms with Gasteiger partial charge in [0.15, 0.2) is 0 Å². The molecule has 0 radical (unpaired) electrons. The molecule has 1 fully saturated rings. The van der Waals surface area contributed by atoms with Crippen molar-refractivity contribution < 1.29 is 13.2 Å². The standard InChI is InChI=1S/C22H24Cl4N2O3S2/c23-18-5-1-6-19(24)16(18)13-32-11-9-27-22(29)15-4-3-10-28(12-15)33(30,31)14-17-20(25)7-2-8-21(17)26/h1-2,5-8,15H,3-4,9-14H2,(H,27,29). The van der Waals surface area contributed by atoms with E-state index in [1.165, 1.54) is 4.31 Å². The number of rotatable bonds is 9. The van der Waals surface area contributed by atoms with E-state index in [0.29, 0.717) is 63.1 Å². The third-order valence-electron chi connectivity index (χ3n) is 5.39. The average Bonchev–Trinajstić information content (AvgIpc) is 2.78. The monoisotopic (exact) mass is 568 g/mol. The van der Waals surface area contributed by atoms with Crippen LogP contribution >= 0.6 is 58.2 Å². The number of thioether (sulfide) groups is 1. The van der Waals surface area contributed by atoms with Gasteiger partial charge in [0.2, 0.25) is 15.9 Å². The van der Waals surface area contributed by atoms with Crippen LogP contribution in [0.3, 0.4) is 0 Å². The van der Waals surface area contributed by atoms with Gasteiger partial charge in [0.05, 0.1) is 11.7 Å². The number of nitrogens with zero attached hydrogens (tertiary/aromatic N) is 1. The highest BCUT2D eigenvalue weighted by Crippen LogP contribution is 2.30. The van der Waals surface area contributed by atoms with E-state index in [2.05, 4.69) is 5.32 Å². The molecule has 0 saturated carbocycles. The molecule has 0 spiro atoms. The Morgan fingerprint density at radius 2 is 1.58 bits per heavy atom. The van der Waals surface area contributed by atoms with Crippen LogP contribution in [0.5, 0.6) is 0 Å². The first-order chi connectivity index (χ1) is 15.7. The first-order valence-corrected chi connectivity index (χ1v) is 14.7. The van der Waals surface area contributed by atoms with Gasteiger partial charge in [-0.05, 0) is 42.7 Å². The molecule has 1 unspecified atom stereocenters. The number of piperidine rings is 1. The summed E-state index contributed by atoms with van der Waals surface area (Å²) in [4.78, 5) is 12.7. The molecule has 3 rings (SSSR count). The molecule has 2 aromatic rings. The van der Waals surface area contributed by atoms with Crippen LogP contribution < -0.4 is 5.32 Å². The minimum Gasteiger partial charge on any atom is -0.355 e. The predicted molar refractivity (Wildman–Crippen MR) is 139 cm³/mol. The first kappa shape index (κ1) is 26.9. The van der Waals surface area contributed by atoms with Gasteiger partial charge in [-0.25, -0.2) is 12.7 Å². The van der Waals surface area contributed by atoms with Gasteiger partial charge in [0, 0.05) is 56.8 Å². The zero-order valence-corrected chi connectivity index (χ0v) is 22.4. The number of benzene rings is 2. The number of sulfonamides is 1. The smallest absolute Gasteiger partial charge is 0.224 e. The molecular weight excluding hydrogens is 546 g/mol. The number of carbonyl (C=O) groups excluding carboxylic acids is 1. The lowest BCUT2D eigenvalue weighted by molar-refractivity contribution is -0.125. The molecule has 33 heavy (non-hydrogen) atoms. The molecule has 0 aliphatic carbocycles. The van der Waals surface area contributed by atoms with E-state index in [1.54, 1.807) is 48.2 Å². The second-order valence-corrected chi connectivity index (χ2v) is 12.4. The second-order valence-electron chi connectivity index (χ2n) is 7.70. The van der Waals surface area contributed by atoms with Gasteiger partial charge in [0.25, 0.3) is 0 Å². The van der Waals surface area contributed by atoms with Gasteiger partial charge in [-0.2, -0.15) is 11.8 Å². The highest BCUT2D eigenvalue weighted by molar-refractivity contribution is 7.98. The Labute approximate surface area is 219 Å². The third-order valence-corrected chi connectivity index (χ3v) is 9.56. The van der Waals surface area contributed by atoms with E-state index in [1.807, 2.05) is 0 Å². The maximum atomic E-state index is 13.0. The molecule has 5 nitrogen and oxygen atoms in total. The number of amides is 1. The molecule has 180 valence electrons. The maximum Gasteiger partial charge on any atom is 0.224 e. The van der Waals surface area contributed by atoms with Crippen LogP contribution in [0.15, 0.2) is 36.4 Å². The Morgan fingerprint density at radius 3 is 2.18 bits per heavy atom. The van der Waals surface area contributed by atoms with Crippen molar-refractivity contribution in [3.05, 3.63) is 67.6 Å². The Bertz CT molecular complexity index is 1060. The van der Waals surface area contributed by atoms with Crippen molar-refractivity contribution >= 4 is 74.1 Å². The summed E-state index contributed by atoms with van der Waals surface area (Å²) in [6, 6.07) is 10.3. The van der Waals surface area contributed by atoms with Crippen LogP contribution in [0.25, 0.3) is 0 Å². The first-order valence-electron chi connectivity index (χ1n) is 10.4. The average molecular weight is 570 g/mol. The molecule has 1 saturated heterocycles. The topological polar surface area (TPSA) is 66.5 Å². The third kappa shape index (κ3) is 7.40. The van der Waals surface area contributed by atoms with Crippen LogP contribution in [-0.4, -0.2) is 44.0 Å². The molecule has 1 heterocycles. The fourth-order valence-electron chi connectivity index (χ4n) is 3.59. The van der Waals surface area contributed by atoms with Crippen molar-refractivity contribution in [3.8, 4) is 0 Å². The highest BCUT2D eigenvalue weighted by Gasteiger charge is 2.33. The lowest BCUT2D eigenvalue weighted by Crippen LogP contribution is -2.46. The van der Waals surface area contributed by atoms with Gasteiger partial charge in [0.1, 0.15) is 0 Å². The minimum absolute atomic E-state index is 0.137. The van der Waals surface area contributed by atoms with E-state index in [9.17, 15) is 13.2 Å². The van der Waals surface area contributed by atoms with Gasteiger partial charge in [-0.15, -0.1) is 0 Å². The molecule has 1 atom stereocenters. The van der Waals surface area contributed by atoms with E-state index in [-0.39, 0.29) is 18.2 Å². The number of nitrogens with one attached hydrogen (secondary N) is 1. The molecule has 1 aliphatic heterocycles. The van der Waals surface area contributed by atoms with Crippen molar-refractivity contribution in [2.75, 3.05) is 25.4 Å². The van der Waals surface area contributed by atoms with Crippen LogP contribution in [0.2, 0.25) is 20.1 Å². The molecule has 1 aliphatic rings. The van der Waals surface area contributed by atoms with E-state index in [0.717, 1.165) is 5.56 Å². The Morgan fingerprint density at radius 1 is 1.00 bits per heavy atom. The summed E-state index contributed by atoms with van der Waals surface area (Å²) in [5.41, 5.74) is 1.26. The summed E-state index contributed by atoms with van der Waals surface area (Å²) in [5, 5.41) is 4.80. The van der Waals surface area contributed by atoms with Gasteiger partial charge >= 0.3 is 0 Å². The van der Waals surface area contributed by atoms with Gasteiger partial charge in [-0.3, -0.25) is 4.79 Å². The molecule has 1 amide bonds. The lowest BCUT2D eigenvalue weighted by Gasteiger charge is -2.31. The predicted octanol–water partition coefficient (Wildman–Crippen LogP) is 5.89. The van der Waals surface area contributed by atoms with Crippen molar-refractivity contribution in [2.45, 2.75) is 24.3 Å². The molecule has 0 bridgehead atoms. The molecule has 0 aromatic heterocycles. The molecule has 1 N–H and O–H groups in total. The Hall–Kier alpha value is -0.670. The Kier molecular flexibility index (Phi) is 10.1. The maximum absolute atomic E-state index is 13.0. The number of hydrogen-bond acceptors (Lipinski definition) is 4. The lowest BCUT2D eigenvalue weighted by atomic mass is 9.99. The number of hydrogen-bond donors (Lipinski definition) is 1. The van der Waals surface area contributed by atoms with Gasteiger partial charge < -0.3 is 5.32 Å². The van der Waals surface area contributed by atoms with E-state index >= 15 is 0 Å². The zero-order valence-electron chi connectivity index (χ0n) is 17.7. The SMILES string of the molecule is O=C(NCCSCc1c(Cl)cccc1Cl)C1CCCN(S(=O)(=O)Cc2c(Cl)cccc2Cl)C1. The largest absolute Gasteiger partial charge is 0.355 e. The minimum atomic E-state index is -3.66. The van der Waals surface area contributed by atoms with E-state index < -0.39 is 15.9 Å². The quantitative estimate of drug-likeness (QED) is 0.382. The summed E-state index contributed by atoms with van der Waals surface area (Å²) in [5.74, 6) is 0.517. The fourth-order valence-corrected chi connectivity index (χ4v) is 7.55. The van der Waals surface area contributed by atoms with Crippen molar-refractivity contribution in [1.82, 2.24) is 9.62 Å². The summed E-state index contributed by atoms with van der Waals surface area (Å²) in [6.07, 6.45) is 1.26. The van der Waals surface area contributed by atoms with Crippen molar-refractivity contribution in [1.29, 1.82) is 0 Å². The number of halogens is 4. The summed E-state index contributed by atoms with van der Waals surface area (Å²) >= 11 is 26.3. The van der Waals surface area contributed by atoms with Crippen LogP contribution in [0.1, 0.15) is 24.0 Å². The second kappa shape index (κ2) is 12.3.